The number of rotatable bonds is 7. The maximum Gasteiger partial charge on any atom is 0.238 e. The van der Waals surface area contributed by atoms with Crippen LogP contribution in [0.2, 0.25) is 0 Å². The van der Waals surface area contributed by atoms with Crippen molar-refractivity contribution in [3.8, 4) is 5.75 Å². The van der Waals surface area contributed by atoms with Crippen LogP contribution in [0.3, 0.4) is 0 Å². The van der Waals surface area contributed by atoms with E-state index in [2.05, 4.69) is 15.5 Å². The van der Waals surface area contributed by atoms with Gasteiger partial charge in [0.1, 0.15) is 0 Å². The molecule has 2 aromatic rings. The number of nitrogens with one attached hydrogen (secondary N) is 2. The quantitative estimate of drug-likeness (QED) is 0.751. The molecule has 2 N–H and O–H groups in total. The van der Waals surface area contributed by atoms with Crippen molar-refractivity contribution in [1.82, 2.24) is 10.2 Å². The molecule has 0 unspecified atom stereocenters. The van der Waals surface area contributed by atoms with Gasteiger partial charge in [0.25, 0.3) is 0 Å². The minimum absolute atomic E-state index is 0.0415. The number of nitrogens with zero attached hydrogens (tertiary/aromatic N) is 1. The molecule has 0 radical (unpaired) electrons. The van der Waals surface area contributed by atoms with E-state index < -0.39 is 5.82 Å². The molecule has 2 amide bonds. The Morgan fingerprint density at radius 1 is 1.10 bits per heavy atom. The molecule has 0 saturated carbocycles. The van der Waals surface area contributed by atoms with Crippen molar-refractivity contribution >= 4 is 17.5 Å². The summed E-state index contributed by atoms with van der Waals surface area (Å²) in [6.07, 6.45) is 1.68. The van der Waals surface area contributed by atoms with Crippen molar-refractivity contribution in [2.24, 2.45) is 0 Å². The number of methoxy groups -OCH3 is 1. The van der Waals surface area contributed by atoms with Crippen molar-refractivity contribution < 1.29 is 18.7 Å². The average molecular weight is 399 g/mol. The number of hydrogen-bond acceptors (Lipinski definition) is 4. The Morgan fingerprint density at radius 3 is 2.48 bits per heavy atom. The maximum atomic E-state index is 13.7. The molecule has 154 valence electrons. The number of piperidine rings is 1. The number of halogens is 1. The lowest BCUT2D eigenvalue weighted by Gasteiger charge is -2.31. The number of carbonyl (C=O) groups is 2. The molecule has 7 heteroatoms. The van der Waals surface area contributed by atoms with Gasteiger partial charge < -0.3 is 15.4 Å². The van der Waals surface area contributed by atoms with Gasteiger partial charge in [-0.05, 0) is 42.7 Å². The predicted molar refractivity (Wildman–Crippen MR) is 109 cm³/mol. The third-order valence-electron chi connectivity index (χ3n) is 4.96. The highest BCUT2D eigenvalue weighted by atomic mass is 19.1. The van der Waals surface area contributed by atoms with Gasteiger partial charge in [-0.1, -0.05) is 24.3 Å². The van der Waals surface area contributed by atoms with Crippen LogP contribution in [0.1, 0.15) is 18.4 Å². The molecule has 1 aliphatic heterocycles. The van der Waals surface area contributed by atoms with E-state index in [1.54, 1.807) is 6.07 Å². The highest BCUT2D eigenvalue weighted by Gasteiger charge is 2.22. The van der Waals surface area contributed by atoms with E-state index >= 15 is 0 Å². The van der Waals surface area contributed by atoms with Gasteiger partial charge in [0.2, 0.25) is 11.8 Å². The molecule has 0 spiro atoms. The molecule has 2 aromatic carbocycles. The second kappa shape index (κ2) is 10.0. The number of benzene rings is 2. The normalized spacial score (nSPS) is 15.0. The summed E-state index contributed by atoms with van der Waals surface area (Å²) in [6.45, 7) is 1.81. The van der Waals surface area contributed by atoms with Gasteiger partial charge in [0.15, 0.2) is 11.6 Å². The molecule has 0 bridgehead atoms. The minimum Gasteiger partial charge on any atom is -0.494 e. The molecule has 0 atom stereocenters. The Hall–Kier alpha value is -2.93. The number of amides is 2. The standard InChI is InChI=1S/C22H26FN3O3/c1-29-20-8-7-16(13-19(20)23)14-21(27)24-18-9-11-26(12-10-18)15-22(28)25-17-5-3-2-4-6-17/h2-8,13,18H,9-12,14-15H2,1H3,(H,24,27)(H,25,28). The molecule has 1 aliphatic rings. The van der Waals surface area contributed by atoms with Crippen molar-refractivity contribution in [1.29, 1.82) is 0 Å². The minimum atomic E-state index is -0.472. The van der Waals surface area contributed by atoms with Crippen molar-refractivity contribution in [3.63, 3.8) is 0 Å². The Morgan fingerprint density at radius 2 is 1.83 bits per heavy atom. The summed E-state index contributed by atoms with van der Waals surface area (Å²) in [5.74, 6) is -0.479. The summed E-state index contributed by atoms with van der Waals surface area (Å²) in [7, 11) is 1.41. The summed E-state index contributed by atoms with van der Waals surface area (Å²) in [5, 5.41) is 5.89. The average Bonchev–Trinajstić information content (AvgIpc) is 2.70. The first-order valence-electron chi connectivity index (χ1n) is 9.72. The van der Waals surface area contributed by atoms with Crippen LogP contribution in [0, 0.1) is 5.82 Å². The fourth-order valence-electron chi connectivity index (χ4n) is 3.44. The van der Waals surface area contributed by atoms with Crippen molar-refractivity contribution in [2.45, 2.75) is 25.3 Å². The summed E-state index contributed by atoms with van der Waals surface area (Å²) < 4.78 is 18.6. The molecule has 1 saturated heterocycles. The molecule has 1 heterocycles. The van der Waals surface area contributed by atoms with Crippen LogP contribution in [0.25, 0.3) is 0 Å². The highest BCUT2D eigenvalue weighted by Crippen LogP contribution is 2.18. The van der Waals surface area contributed by atoms with Gasteiger partial charge in [0.05, 0.1) is 20.1 Å². The summed E-state index contributed by atoms with van der Waals surface area (Å²) >= 11 is 0. The third kappa shape index (κ3) is 6.29. The third-order valence-corrected chi connectivity index (χ3v) is 4.96. The van der Waals surface area contributed by atoms with Gasteiger partial charge in [-0.3, -0.25) is 14.5 Å². The first kappa shape index (κ1) is 20.8. The van der Waals surface area contributed by atoms with Gasteiger partial charge in [0, 0.05) is 24.8 Å². The molecular weight excluding hydrogens is 373 g/mol. The summed E-state index contributed by atoms with van der Waals surface area (Å²) in [6, 6.07) is 14.0. The van der Waals surface area contributed by atoms with Crippen molar-refractivity contribution in [3.05, 3.63) is 59.9 Å². The van der Waals surface area contributed by atoms with E-state index in [9.17, 15) is 14.0 Å². The number of para-hydroxylation sites is 1. The molecule has 29 heavy (non-hydrogen) atoms. The maximum absolute atomic E-state index is 13.7. The largest absolute Gasteiger partial charge is 0.494 e. The van der Waals surface area contributed by atoms with Crippen LogP contribution in [-0.4, -0.2) is 49.5 Å². The van der Waals surface area contributed by atoms with Gasteiger partial charge in [-0.15, -0.1) is 0 Å². The molecular formula is C22H26FN3O3. The van der Waals surface area contributed by atoms with E-state index in [1.165, 1.54) is 19.2 Å². The summed E-state index contributed by atoms with van der Waals surface area (Å²) in [5.41, 5.74) is 1.39. The SMILES string of the molecule is COc1ccc(CC(=O)NC2CCN(CC(=O)Nc3ccccc3)CC2)cc1F. The Labute approximate surface area is 170 Å². The fourth-order valence-corrected chi connectivity index (χ4v) is 3.44. The Kier molecular flexibility index (Phi) is 7.19. The van der Waals surface area contributed by atoms with Crippen molar-refractivity contribution in [2.75, 3.05) is 32.1 Å². The lowest BCUT2D eigenvalue weighted by Crippen LogP contribution is -2.46. The van der Waals surface area contributed by atoms with Gasteiger partial charge >= 0.3 is 0 Å². The van der Waals surface area contributed by atoms with E-state index in [0.29, 0.717) is 12.1 Å². The number of carbonyl (C=O) groups excluding carboxylic acids is 2. The molecule has 0 aliphatic carbocycles. The van der Waals surface area contributed by atoms with Crippen LogP contribution >= 0.6 is 0 Å². The van der Waals surface area contributed by atoms with E-state index in [0.717, 1.165) is 31.6 Å². The second-order valence-corrected chi connectivity index (χ2v) is 7.18. The van der Waals surface area contributed by atoms with Crippen LogP contribution < -0.4 is 15.4 Å². The Bertz CT molecular complexity index is 836. The fraction of sp³-hybridized carbons (Fsp3) is 0.364. The zero-order valence-corrected chi connectivity index (χ0v) is 16.5. The number of anilines is 1. The Balaban J connectivity index is 1.39. The van der Waals surface area contributed by atoms with E-state index in [-0.39, 0.29) is 30.0 Å². The van der Waals surface area contributed by atoms with Crippen LogP contribution in [-0.2, 0) is 16.0 Å². The first-order chi connectivity index (χ1) is 14.0. The molecule has 1 fully saturated rings. The van der Waals surface area contributed by atoms with Gasteiger partial charge in [-0.2, -0.15) is 0 Å². The van der Waals surface area contributed by atoms with Crippen LogP contribution in [0.5, 0.6) is 5.75 Å². The zero-order chi connectivity index (χ0) is 20.6. The first-order valence-corrected chi connectivity index (χ1v) is 9.72. The lowest BCUT2D eigenvalue weighted by molar-refractivity contribution is -0.122. The highest BCUT2D eigenvalue weighted by molar-refractivity contribution is 5.92. The number of ether oxygens (including phenoxy) is 1. The lowest BCUT2D eigenvalue weighted by atomic mass is 10.0. The van der Waals surface area contributed by atoms with Crippen LogP contribution in [0.15, 0.2) is 48.5 Å². The second-order valence-electron chi connectivity index (χ2n) is 7.18. The number of likely N-dealkylation sites (tertiary alicyclic amines) is 1. The monoisotopic (exact) mass is 399 g/mol. The zero-order valence-electron chi connectivity index (χ0n) is 16.5. The molecule has 0 aromatic heterocycles. The smallest absolute Gasteiger partial charge is 0.238 e. The topological polar surface area (TPSA) is 70.7 Å². The predicted octanol–water partition coefficient (Wildman–Crippen LogP) is 2.60. The summed E-state index contributed by atoms with van der Waals surface area (Å²) in [4.78, 5) is 26.5. The molecule has 3 rings (SSSR count). The van der Waals surface area contributed by atoms with E-state index in [4.69, 9.17) is 4.74 Å². The van der Waals surface area contributed by atoms with Gasteiger partial charge in [-0.25, -0.2) is 4.39 Å². The number of hydrogen-bond donors (Lipinski definition) is 2. The van der Waals surface area contributed by atoms with Crippen LogP contribution in [0.4, 0.5) is 10.1 Å². The van der Waals surface area contributed by atoms with E-state index in [1.807, 2.05) is 30.3 Å². The molecule has 6 nitrogen and oxygen atoms in total.